The van der Waals surface area contributed by atoms with E-state index in [0.717, 1.165) is 18.2 Å². The summed E-state index contributed by atoms with van der Waals surface area (Å²) in [5.41, 5.74) is 0. The first kappa shape index (κ1) is 6.53. The van der Waals surface area contributed by atoms with Gasteiger partial charge in [-0.3, -0.25) is 4.79 Å². The summed E-state index contributed by atoms with van der Waals surface area (Å²) in [4.78, 5) is 10.9. The average molecular weight is 157 g/mol. The van der Waals surface area contributed by atoms with Crippen LogP contribution < -0.4 is 5.32 Å². The second-order valence-corrected chi connectivity index (χ2v) is 4.57. The van der Waals surface area contributed by atoms with Crippen molar-refractivity contribution in [3.05, 3.63) is 0 Å². The molecule has 2 bridgehead atoms. The largest absolute Gasteiger partial charge is 0.355 e. The molecule has 2 aliphatic heterocycles. The zero-order chi connectivity index (χ0) is 6.97. The molecule has 0 aromatic rings. The van der Waals surface area contributed by atoms with Crippen molar-refractivity contribution in [3.63, 3.8) is 0 Å². The lowest BCUT2D eigenvalue weighted by Crippen LogP contribution is -2.29. The van der Waals surface area contributed by atoms with E-state index in [1.807, 2.05) is 11.8 Å². The molecule has 0 aromatic carbocycles. The van der Waals surface area contributed by atoms with Crippen LogP contribution in [0, 0.1) is 0 Å². The SMILES string of the molecule is O=C1C[C@H]2CC[C@@H](CN1)S2. The number of hydrogen-bond donors (Lipinski definition) is 1. The van der Waals surface area contributed by atoms with Crippen LogP contribution in [-0.4, -0.2) is 23.0 Å². The van der Waals surface area contributed by atoms with Gasteiger partial charge in [0.25, 0.3) is 0 Å². The molecule has 2 fully saturated rings. The van der Waals surface area contributed by atoms with Crippen molar-refractivity contribution in [2.75, 3.05) is 6.54 Å². The molecule has 2 heterocycles. The van der Waals surface area contributed by atoms with Gasteiger partial charge in [0.2, 0.25) is 5.91 Å². The van der Waals surface area contributed by atoms with Crippen LogP contribution in [0.3, 0.4) is 0 Å². The van der Waals surface area contributed by atoms with E-state index >= 15 is 0 Å². The van der Waals surface area contributed by atoms with Gasteiger partial charge in [0.1, 0.15) is 0 Å². The summed E-state index contributed by atoms with van der Waals surface area (Å²) in [5, 5.41) is 4.27. The van der Waals surface area contributed by atoms with Gasteiger partial charge in [-0.1, -0.05) is 0 Å². The van der Waals surface area contributed by atoms with E-state index in [0.29, 0.717) is 5.25 Å². The fourth-order valence-electron chi connectivity index (χ4n) is 1.59. The predicted octanol–water partition coefficient (Wildman–Crippen LogP) is 0.771. The van der Waals surface area contributed by atoms with Gasteiger partial charge in [-0.2, -0.15) is 11.8 Å². The van der Waals surface area contributed by atoms with Crippen molar-refractivity contribution in [2.24, 2.45) is 0 Å². The van der Waals surface area contributed by atoms with Gasteiger partial charge in [-0.05, 0) is 12.8 Å². The lowest BCUT2D eigenvalue weighted by Gasteiger charge is -2.06. The van der Waals surface area contributed by atoms with Crippen LogP contribution in [0.25, 0.3) is 0 Å². The number of thioether (sulfide) groups is 1. The summed E-state index contributed by atoms with van der Waals surface area (Å²) in [7, 11) is 0. The van der Waals surface area contributed by atoms with Crippen molar-refractivity contribution in [3.8, 4) is 0 Å². The number of nitrogens with one attached hydrogen (secondary N) is 1. The third-order valence-corrected chi connectivity index (χ3v) is 3.71. The lowest BCUT2D eigenvalue weighted by molar-refractivity contribution is -0.121. The van der Waals surface area contributed by atoms with Crippen molar-refractivity contribution in [1.29, 1.82) is 0 Å². The van der Waals surface area contributed by atoms with Crippen LogP contribution in [0.1, 0.15) is 19.3 Å². The zero-order valence-electron chi connectivity index (χ0n) is 5.80. The molecule has 0 unspecified atom stereocenters. The number of carbonyl (C=O) groups is 1. The quantitative estimate of drug-likeness (QED) is 0.562. The van der Waals surface area contributed by atoms with Crippen LogP contribution >= 0.6 is 11.8 Å². The van der Waals surface area contributed by atoms with E-state index in [1.54, 1.807) is 0 Å². The van der Waals surface area contributed by atoms with Crippen molar-refractivity contribution < 1.29 is 4.79 Å². The number of carbonyl (C=O) groups excluding carboxylic acids is 1. The van der Waals surface area contributed by atoms with Gasteiger partial charge in [-0.15, -0.1) is 0 Å². The summed E-state index contributed by atoms with van der Waals surface area (Å²) in [6.45, 7) is 0.903. The molecule has 56 valence electrons. The third-order valence-electron chi connectivity index (χ3n) is 2.14. The normalized spacial score (nSPS) is 39.0. The van der Waals surface area contributed by atoms with Gasteiger partial charge in [0.05, 0.1) is 0 Å². The fraction of sp³-hybridized carbons (Fsp3) is 0.857. The number of fused-ring (bicyclic) bond motifs is 2. The Morgan fingerprint density at radius 3 is 3.10 bits per heavy atom. The van der Waals surface area contributed by atoms with Crippen LogP contribution in [0.15, 0.2) is 0 Å². The topological polar surface area (TPSA) is 29.1 Å². The molecular weight excluding hydrogens is 146 g/mol. The molecular formula is C7H11NOS. The Hall–Kier alpha value is -0.180. The minimum atomic E-state index is 0.250. The molecule has 2 nitrogen and oxygen atoms in total. The highest BCUT2D eigenvalue weighted by molar-refractivity contribution is 8.00. The average Bonchev–Trinajstić information content (AvgIpc) is 2.22. The molecule has 3 heteroatoms. The number of hydrogen-bond acceptors (Lipinski definition) is 2. The summed E-state index contributed by atoms with van der Waals surface area (Å²) >= 11 is 1.99. The Balaban J connectivity index is 2.05. The number of amides is 1. The van der Waals surface area contributed by atoms with E-state index in [-0.39, 0.29) is 5.91 Å². The molecule has 10 heavy (non-hydrogen) atoms. The van der Waals surface area contributed by atoms with E-state index in [1.165, 1.54) is 12.8 Å². The number of rotatable bonds is 0. The molecule has 0 radical (unpaired) electrons. The highest BCUT2D eigenvalue weighted by Crippen LogP contribution is 2.36. The molecule has 0 aliphatic carbocycles. The summed E-state index contributed by atoms with van der Waals surface area (Å²) in [5.74, 6) is 0.250. The van der Waals surface area contributed by atoms with Gasteiger partial charge in [0, 0.05) is 23.5 Å². The second kappa shape index (κ2) is 2.46. The first-order valence-corrected chi connectivity index (χ1v) is 4.71. The van der Waals surface area contributed by atoms with Crippen LogP contribution in [-0.2, 0) is 4.79 Å². The van der Waals surface area contributed by atoms with E-state index in [2.05, 4.69) is 5.32 Å². The highest BCUT2D eigenvalue weighted by Gasteiger charge is 2.30. The van der Waals surface area contributed by atoms with E-state index < -0.39 is 0 Å². The minimum Gasteiger partial charge on any atom is -0.355 e. The summed E-state index contributed by atoms with van der Waals surface area (Å²) < 4.78 is 0. The highest BCUT2D eigenvalue weighted by atomic mass is 32.2. The third kappa shape index (κ3) is 1.15. The lowest BCUT2D eigenvalue weighted by atomic mass is 10.1. The summed E-state index contributed by atoms with van der Waals surface area (Å²) in [6, 6.07) is 0. The molecule has 2 atom stereocenters. The maximum Gasteiger partial charge on any atom is 0.221 e. The zero-order valence-corrected chi connectivity index (χ0v) is 6.62. The Morgan fingerprint density at radius 1 is 1.40 bits per heavy atom. The van der Waals surface area contributed by atoms with E-state index in [9.17, 15) is 4.79 Å². The van der Waals surface area contributed by atoms with Crippen molar-refractivity contribution >= 4 is 17.7 Å². The van der Waals surface area contributed by atoms with Gasteiger partial charge in [-0.25, -0.2) is 0 Å². The van der Waals surface area contributed by atoms with Gasteiger partial charge >= 0.3 is 0 Å². The molecule has 2 aliphatic rings. The molecule has 0 aromatic heterocycles. The van der Waals surface area contributed by atoms with E-state index in [4.69, 9.17) is 0 Å². The fourth-order valence-corrected chi connectivity index (χ4v) is 3.10. The molecule has 0 saturated carbocycles. The maximum atomic E-state index is 10.9. The maximum absolute atomic E-state index is 10.9. The monoisotopic (exact) mass is 157 g/mol. The minimum absolute atomic E-state index is 0.250. The van der Waals surface area contributed by atoms with Crippen LogP contribution in [0.5, 0.6) is 0 Å². The first-order chi connectivity index (χ1) is 4.84. The summed E-state index contributed by atoms with van der Waals surface area (Å²) in [6.07, 6.45) is 3.31. The Kier molecular flexibility index (Phi) is 1.60. The Labute approximate surface area is 64.8 Å². The van der Waals surface area contributed by atoms with Gasteiger partial charge in [0.15, 0.2) is 0 Å². The standard InChI is InChI=1S/C7H11NOS/c9-7-3-5-1-2-6(10-5)4-8-7/h5-6H,1-4H2,(H,8,9)/t5-,6+/m1/s1. The van der Waals surface area contributed by atoms with Crippen molar-refractivity contribution in [2.45, 2.75) is 29.8 Å². The van der Waals surface area contributed by atoms with Gasteiger partial charge < -0.3 is 5.32 Å². The predicted molar refractivity (Wildman–Crippen MR) is 42.0 cm³/mol. The second-order valence-electron chi connectivity index (χ2n) is 2.97. The molecule has 0 spiro atoms. The molecule has 2 saturated heterocycles. The Bertz CT molecular complexity index is 160. The van der Waals surface area contributed by atoms with Crippen LogP contribution in [0.2, 0.25) is 0 Å². The first-order valence-electron chi connectivity index (χ1n) is 3.77. The Morgan fingerprint density at radius 2 is 2.20 bits per heavy atom. The molecule has 1 N–H and O–H groups in total. The van der Waals surface area contributed by atoms with Crippen molar-refractivity contribution in [1.82, 2.24) is 5.32 Å². The molecule has 2 rings (SSSR count). The molecule has 1 amide bonds. The van der Waals surface area contributed by atoms with Crippen LogP contribution in [0.4, 0.5) is 0 Å². The smallest absolute Gasteiger partial charge is 0.221 e.